The standard InChI is InChI=1S/C6H9NO4S/c1-6(5-8)3-2-4-7-12(9,10)11/h2-5,7H,1H3,(H,9,10,11)/b4-2+,6-3-. The van der Waals surface area contributed by atoms with Crippen LogP contribution in [0.5, 0.6) is 0 Å². The monoisotopic (exact) mass is 191 g/mol. The van der Waals surface area contributed by atoms with Gasteiger partial charge in [0.05, 0.1) is 0 Å². The number of rotatable bonds is 4. The summed E-state index contributed by atoms with van der Waals surface area (Å²) >= 11 is 0. The van der Waals surface area contributed by atoms with Gasteiger partial charge in [-0.1, -0.05) is 6.08 Å². The SMILES string of the molecule is C/C(C=O)=C/C=C/NS(=O)(=O)O. The van der Waals surface area contributed by atoms with Crippen LogP contribution in [0, 0.1) is 0 Å². The lowest BCUT2D eigenvalue weighted by Gasteiger charge is -1.90. The molecular weight excluding hydrogens is 182 g/mol. The van der Waals surface area contributed by atoms with Crippen LogP contribution in [0.3, 0.4) is 0 Å². The molecule has 5 nitrogen and oxygen atoms in total. The predicted molar refractivity (Wildman–Crippen MR) is 43.6 cm³/mol. The zero-order chi connectivity index (χ0) is 9.61. The van der Waals surface area contributed by atoms with Crippen molar-refractivity contribution in [2.24, 2.45) is 0 Å². The number of allylic oxidation sites excluding steroid dienone is 3. The van der Waals surface area contributed by atoms with Gasteiger partial charge in [0.25, 0.3) is 0 Å². The third-order valence-electron chi connectivity index (χ3n) is 0.858. The molecule has 0 fully saturated rings. The van der Waals surface area contributed by atoms with E-state index in [0.29, 0.717) is 11.9 Å². The molecule has 0 radical (unpaired) electrons. The normalized spacial score (nSPS) is 13.3. The number of aldehydes is 1. The van der Waals surface area contributed by atoms with Crippen LogP contribution < -0.4 is 4.72 Å². The van der Waals surface area contributed by atoms with Crippen molar-refractivity contribution in [3.05, 3.63) is 23.9 Å². The molecule has 0 aliphatic rings. The van der Waals surface area contributed by atoms with Crippen LogP contribution in [0.25, 0.3) is 0 Å². The maximum atomic E-state index is 10.0. The summed E-state index contributed by atoms with van der Waals surface area (Å²) in [6.45, 7) is 1.56. The molecule has 0 aliphatic carbocycles. The topological polar surface area (TPSA) is 83.5 Å². The maximum absolute atomic E-state index is 10.0. The van der Waals surface area contributed by atoms with Gasteiger partial charge in [-0.3, -0.25) is 14.1 Å². The van der Waals surface area contributed by atoms with Gasteiger partial charge in [-0.2, -0.15) is 8.42 Å². The van der Waals surface area contributed by atoms with Gasteiger partial charge in [-0.05, 0) is 18.6 Å². The lowest BCUT2D eigenvalue weighted by molar-refractivity contribution is -0.104. The molecule has 0 heterocycles. The minimum atomic E-state index is -4.18. The minimum absolute atomic E-state index is 0.448. The second-order valence-electron chi connectivity index (χ2n) is 1.98. The summed E-state index contributed by atoms with van der Waals surface area (Å²) in [6.07, 6.45) is 4.31. The van der Waals surface area contributed by atoms with Crippen molar-refractivity contribution in [3.8, 4) is 0 Å². The summed E-state index contributed by atoms with van der Waals surface area (Å²) < 4.78 is 29.9. The maximum Gasteiger partial charge on any atom is 0.357 e. The summed E-state index contributed by atoms with van der Waals surface area (Å²) in [5, 5.41) is 0. The molecule has 0 unspecified atom stereocenters. The summed E-state index contributed by atoms with van der Waals surface area (Å²) in [5.74, 6) is 0. The number of hydrogen-bond acceptors (Lipinski definition) is 3. The van der Waals surface area contributed by atoms with Crippen LogP contribution in [0.1, 0.15) is 6.92 Å². The molecule has 68 valence electrons. The van der Waals surface area contributed by atoms with Gasteiger partial charge in [-0.15, -0.1) is 0 Å². The Bertz CT molecular complexity index is 302. The molecule has 0 aromatic heterocycles. The van der Waals surface area contributed by atoms with E-state index in [1.54, 1.807) is 11.6 Å². The van der Waals surface area contributed by atoms with Crippen molar-refractivity contribution in [1.29, 1.82) is 0 Å². The van der Waals surface area contributed by atoms with Crippen molar-refractivity contribution in [1.82, 2.24) is 4.72 Å². The number of carbonyl (C=O) groups is 1. The molecule has 0 saturated heterocycles. The first kappa shape index (κ1) is 10.9. The van der Waals surface area contributed by atoms with Crippen molar-refractivity contribution >= 4 is 16.6 Å². The quantitative estimate of drug-likeness (QED) is 0.284. The van der Waals surface area contributed by atoms with E-state index in [-0.39, 0.29) is 0 Å². The van der Waals surface area contributed by atoms with Gasteiger partial charge in [0, 0.05) is 6.20 Å². The zero-order valence-corrected chi connectivity index (χ0v) is 7.21. The number of hydrogen-bond donors (Lipinski definition) is 2. The third-order valence-corrected chi connectivity index (χ3v) is 1.29. The van der Waals surface area contributed by atoms with Crippen molar-refractivity contribution in [2.75, 3.05) is 0 Å². The smallest absolute Gasteiger partial charge is 0.298 e. The fourth-order valence-corrected chi connectivity index (χ4v) is 0.615. The summed E-state index contributed by atoms with van der Waals surface area (Å²) in [4.78, 5) is 10.0. The van der Waals surface area contributed by atoms with Crippen LogP contribution in [-0.4, -0.2) is 19.3 Å². The summed E-state index contributed by atoms with van der Waals surface area (Å²) in [6, 6.07) is 0. The highest BCUT2D eigenvalue weighted by Gasteiger charge is 1.94. The molecule has 0 saturated carbocycles. The molecule has 2 N–H and O–H groups in total. The van der Waals surface area contributed by atoms with E-state index in [4.69, 9.17) is 4.55 Å². The lowest BCUT2D eigenvalue weighted by Crippen LogP contribution is -2.15. The molecule has 0 aromatic rings. The molecule has 12 heavy (non-hydrogen) atoms. The molecule has 0 spiro atoms. The summed E-state index contributed by atoms with van der Waals surface area (Å²) in [5.41, 5.74) is 0.448. The first-order chi connectivity index (χ1) is 5.45. The van der Waals surface area contributed by atoms with E-state index < -0.39 is 10.3 Å². The summed E-state index contributed by atoms with van der Waals surface area (Å²) in [7, 11) is -4.18. The van der Waals surface area contributed by atoms with E-state index in [2.05, 4.69) is 0 Å². The third kappa shape index (κ3) is 6.97. The zero-order valence-electron chi connectivity index (χ0n) is 6.39. The van der Waals surface area contributed by atoms with Crippen molar-refractivity contribution in [2.45, 2.75) is 6.92 Å². The molecule has 0 amide bonds. The van der Waals surface area contributed by atoms with Crippen molar-refractivity contribution in [3.63, 3.8) is 0 Å². The predicted octanol–water partition coefficient (Wildman–Crippen LogP) is 0.0377. The van der Waals surface area contributed by atoms with Gasteiger partial charge in [0.15, 0.2) is 0 Å². The van der Waals surface area contributed by atoms with Crippen LogP contribution in [-0.2, 0) is 15.1 Å². The van der Waals surface area contributed by atoms with Gasteiger partial charge in [0.2, 0.25) is 0 Å². The average Bonchev–Trinajstić information content (AvgIpc) is 1.96. The fourth-order valence-electron chi connectivity index (χ4n) is 0.364. The van der Waals surface area contributed by atoms with Crippen LogP contribution >= 0.6 is 0 Å². The molecule has 6 heteroatoms. The lowest BCUT2D eigenvalue weighted by atomic mass is 10.3. The number of nitrogens with one attached hydrogen (secondary N) is 1. The van der Waals surface area contributed by atoms with Gasteiger partial charge >= 0.3 is 10.3 Å². The highest BCUT2D eigenvalue weighted by atomic mass is 32.2. The largest absolute Gasteiger partial charge is 0.357 e. The molecule has 0 aliphatic heterocycles. The number of carbonyl (C=O) groups excluding carboxylic acids is 1. The van der Waals surface area contributed by atoms with E-state index in [1.807, 2.05) is 0 Å². The Hall–Kier alpha value is -1.14. The Labute approximate surface area is 70.7 Å². The second-order valence-corrected chi connectivity index (χ2v) is 3.17. The average molecular weight is 191 g/mol. The molecule has 0 atom stereocenters. The molecule has 0 bridgehead atoms. The molecule has 0 aromatic carbocycles. The Morgan fingerprint density at radius 2 is 2.08 bits per heavy atom. The van der Waals surface area contributed by atoms with E-state index in [1.165, 1.54) is 12.2 Å². The Balaban J connectivity index is 4.04. The van der Waals surface area contributed by atoms with E-state index >= 15 is 0 Å². The highest BCUT2D eigenvalue weighted by molar-refractivity contribution is 7.83. The Kier molecular flexibility index (Phi) is 4.24. The minimum Gasteiger partial charge on any atom is -0.298 e. The van der Waals surface area contributed by atoms with Crippen molar-refractivity contribution < 1.29 is 17.8 Å². The first-order valence-corrected chi connectivity index (χ1v) is 4.43. The highest BCUT2D eigenvalue weighted by Crippen LogP contribution is 1.86. The first-order valence-electron chi connectivity index (χ1n) is 2.99. The Morgan fingerprint density at radius 1 is 1.50 bits per heavy atom. The molecular formula is C6H9NO4S. The van der Waals surface area contributed by atoms with Crippen LogP contribution in [0.4, 0.5) is 0 Å². The van der Waals surface area contributed by atoms with Crippen LogP contribution in [0.2, 0.25) is 0 Å². The second kappa shape index (κ2) is 4.68. The molecule has 0 rings (SSSR count). The fraction of sp³-hybridized carbons (Fsp3) is 0.167. The van der Waals surface area contributed by atoms with Crippen LogP contribution in [0.15, 0.2) is 23.9 Å². The van der Waals surface area contributed by atoms with Gasteiger partial charge in [-0.25, -0.2) is 0 Å². The Morgan fingerprint density at radius 3 is 2.50 bits per heavy atom. The van der Waals surface area contributed by atoms with E-state index in [0.717, 1.165) is 6.20 Å². The van der Waals surface area contributed by atoms with E-state index in [9.17, 15) is 13.2 Å². The van der Waals surface area contributed by atoms with Gasteiger partial charge in [0.1, 0.15) is 6.29 Å². The van der Waals surface area contributed by atoms with Gasteiger partial charge < -0.3 is 0 Å².